The molecule has 0 unspecified atom stereocenters. The Morgan fingerprint density at radius 1 is 1.22 bits per heavy atom. The highest BCUT2D eigenvalue weighted by atomic mass is 15.1. The second-order valence-corrected chi connectivity index (χ2v) is 4.30. The molecule has 4 heteroatoms. The van der Waals surface area contributed by atoms with Crippen molar-refractivity contribution in [3.05, 3.63) is 42.1 Å². The molecule has 0 aliphatic carbocycles. The molecular weight excluding hydrogens is 224 g/mol. The SMILES string of the molecule is CCCc1nccn1Cc1ccnc(NCC)c1. The van der Waals surface area contributed by atoms with Gasteiger partial charge in [0.25, 0.3) is 0 Å². The number of rotatable bonds is 6. The van der Waals surface area contributed by atoms with Crippen LogP contribution in [-0.4, -0.2) is 21.1 Å². The first kappa shape index (κ1) is 12.6. The fourth-order valence-electron chi connectivity index (χ4n) is 1.98. The van der Waals surface area contributed by atoms with Gasteiger partial charge in [-0.25, -0.2) is 9.97 Å². The molecule has 0 aliphatic rings. The molecule has 0 aliphatic heterocycles. The molecule has 2 rings (SSSR count). The van der Waals surface area contributed by atoms with Gasteiger partial charge in [-0.15, -0.1) is 0 Å². The van der Waals surface area contributed by atoms with Crippen LogP contribution in [-0.2, 0) is 13.0 Å². The number of aryl methyl sites for hydroxylation is 1. The molecule has 0 radical (unpaired) electrons. The van der Waals surface area contributed by atoms with Gasteiger partial charge in [-0.05, 0) is 31.0 Å². The van der Waals surface area contributed by atoms with Gasteiger partial charge in [0.05, 0.1) is 0 Å². The molecule has 0 fully saturated rings. The summed E-state index contributed by atoms with van der Waals surface area (Å²) in [7, 11) is 0. The fourth-order valence-corrected chi connectivity index (χ4v) is 1.98. The van der Waals surface area contributed by atoms with E-state index in [9.17, 15) is 0 Å². The lowest BCUT2D eigenvalue weighted by molar-refractivity contribution is 0.704. The first-order chi connectivity index (χ1) is 8.83. The van der Waals surface area contributed by atoms with Crippen LogP contribution in [0.4, 0.5) is 5.82 Å². The molecule has 0 amide bonds. The number of aromatic nitrogens is 3. The average molecular weight is 244 g/mol. The van der Waals surface area contributed by atoms with Crippen molar-refractivity contribution in [3.63, 3.8) is 0 Å². The summed E-state index contributed by atoms with van der Waals surface area (Å²) < 4.78 is 2.20. The lowest BCUT2D eigenvalue weighted by Crippen LogP contribution is -2.05. The van der Waals surface area contributed by atoms with Gasteiger partial charge in [-0.1, -0.05) is 6.92 Å². The van der Waals surface area contributed by atoms with E-state index >= 15 is 0 Å². The third kappa shape index (κ3) is 3.09. The number of pyridine rings is 1. The first-order valence-electron chi connectivity index (χ1n) is 6.52. The molecule has 0 spiro atoms. The zero-order chi connectivity index (χ0) is 12.8. The summed E-state index contributed by atoms with van der Waals surface area (Å²) in [6, 6.07) is 4.15. The summed E-state index contributed by atoms with van der Waals surface area (Å²) in [4.78, 5) is 8.67. The number of hydrogen-bond acceptors (Lipinski definition) is 3. The summed E-state index contributed by atoms with van der Waals surface area (Å²) >= 11 is 0. The van der Waals surface area contributed by atoms with Crippen molar-refractivity contribution in [2.75, 3.05) is 11.9 Å². The number of nitrogens with one attached hydrogen (secondary N) is 1. The maximum atomic E-state index is 4.39. The normalized spacial score (nSPS) is 10.6. The molecule has 0 atom stereocenters. The van der Waals surface area contributed by atoms with Gasteiger partial charge in [0.2, 0.25) is 0 Å². The minimum Gasteiger partial charge on any atom is -0.370 e. The highest BCUT2D eigenvalue weighted by Crippen LogP contribution is 2.10. The van der Waals surface area contributed by atoms with Gasteiger partial charge >= 0.3 is 0 Å². The third-order valence-electron chi connectivity index (χ3n) is 2.81. The van der Waals surface area contributed by atoms with Gasteiger partial charge in [0.1, 0.15) is 11.6 Å². The van der Waals surface area contributed by atoms with Crippen molar-refractivity contribution < 1.29 is 0 Å². The second kappa shape index (κ2) is 6.19. The summed E-state index contributed by atoms with van der Waals surface area (Å²) in [5, 5.41) is 3.23. The van der Waals surface area contributed by atoms with Crippen LogP contribution in [0.1, 0.15) is 31.7 Å². The average Bonchev–Trinajstić information content (AvgIpc) is 2.78. The Balaban J connectivity index is 2.12. The van der Waals surface area contributed by atoms with Crippen LogP contribution in [0.25, 0.3) is 0 Å². The minimum absolute atomic E-state index is 0.857. The van der Waals surface area contributed by atoms with E-state index in [0.717, 1.165) is 37.6 Å². The van der Waals surface area contributed by atoms with Crippen molar-refractivity contribution in [1.82, 2.24) is 14.5 Å². The van der Waals surface area contributed by atoms with Gasteiger partial charge in [0.15, 0.2) is 0 Å². The topological polar surface area (TPSA) is 42.7 Å². The van der Waals surface area contributed by atoms with Crippen LogP contribution in [0.15, 0.2) is 30.7 Å². The molecule has 4 nitrogen and oxygen atoms in total. The lowest BCUT2D eigenvalue weighted by atomic mass is 10.2. The minimum atomic E-state index is 0.857. The molecule has 96 valence electrons. The quantitative estimate of drug-likeness (QED) is 0.849. The summed E-state index contributed by atoms with van der Waals surface area (Å²) in [5.41, 5.74) is 1.25. The number of nitrogens with zero attached hydrogens (tertiary/aromatic N) is 3. The molecule has 1 N–H and O–H groups in total. The van der Waals surface area contributed by atoms with Crippen molar-refractivity contribution in [2.24, 2.45) is 0 Å². The highest BCUT2D eigenvalue weighted by molar-refractivity contribution is 5.37. The van der Waals surface area contributed by atoms with E-state index in [0.29, 0.717) is 0 Å². The molecule has 0 aromatic carbocycles. The van der Waals surface area contributed by atoms with E-state index in [1.807, 2.05) is 18.6 Å². The largest absolute Gasteiger partial charge is 0.370 e. The van der Waals surface area contributed by atoms with E-state index in [1.165, 1.54) is 5.56 Å². The Kier molecular flexibility index (Phi) is 4.34. The molecule has 2 heterocycles. The molecule has 0 saturated heterocycles. The number of hydrogen-bond donors (Lipinski definition) is 1. The maximum Gasteiger partial charge on any atom is 0.126 e. The Morgan fingerprint density at radius 2 is 2.11 bits per heavy atom. The lowest BCUT2D eigenvalue weighted by Gasteiger charge is -2.09. The standard InChI is InChI=1S/C14H20N4/c1-3-5-14-17-8-9-18(14)11-12-6-7-16-13(10-12)15-4-2/h6-10H,3-5,11H2,1-2H3,(H,15,16). The maximum absolute atomic E-state index is 4.39. The van der Waals surface area contributed by atoms with E-state index in [-0.39, 0.29) is 0 Å². The van der Waals surface area contributed by atoms with E-state index in [2.05, 4.69) is 45.8 Å². The summed E-state index contributed by atoms with van der Waals surface area (Å²) in [6.45, 7) is 6.00. The molecule has 0 bridgehead atoms. The Morgan fingerprint density at radius 3 is 2.89 bits per heavy atom. The van der Waals surface area contributed by atoms with Crippen molar-refractivity contribution >= 4 is 5.82 Å². The van der Waals surface area contributed by atoms with E-state index in [4.69, 9.17) is 0 Å². The van der Waals surface area contributed by atoms with Crippen LogP contribution in [0, 0.1) is 0 Å². The van der Waals surface area contributed by atoms with E-state index in [1.54, 1.807) is 0 Å². The van der Waals surface area contributed by atoms with Gasteiger partial charge in [0, 0.05) is 38.1 Å². The second-order valence-electron chi connectivity index (χ2n) is 4.30. The van der Waals surface area contributed by atoms with Gasteiger partial charge in [-0.3, -0.25) is 0 Å². The van der Waals surface area contributed by atoms with Crippen molar-refractivity contribution in [2.45, 2.75) is 33.2 Å². The predicted molar refractivity (Wildman–Crippen MR) is 73.7 cm³/mol. The molecule has 2 aromatic heterocycles. The fraction of sp³-hybridized carbons (Fsp3) is 0.429. The van der Waals surface area contributed by atoms with Crippen molar-refractivity contribution in [1.29, 1.82) is 0 Å². The Hall–Kier alpha value is -1.84. The van der Waals surface area contributed by atoms with Crippen LogP contribution >= 0.6 is 0 Å². The summed E-state index contributed by atoms with van der Waals surface area (Å²) in [5.74, 6) is 2.09. The molecular formula is C14H20N4. The van der Waals surface area contributed by atoms with Crippen LogP contribution in [0.5, 0.6) is 0 Å². The predicted octanol–water partition coefficient (Wildman–Crippen LogP) is 2.71. The van der Waals surface area contributed by atoms with Crippen LogP contribution in [0.3, 0.4) is 0 Å². The van der Waals surface area contributed by atoms with Crippen molar-refractivity contribution in [3.8, 4) is 0 Å². The Bertz CT molecular complexity index is 490. The summed E-state index contributed by atoms with van der Waals surface area (Å²) in [6.07, 6.45) is 7.91. The zero-order valence-electron chi connectivity index (χ0n) is 11.1. The highest BCUT2D eigenvalue weighted by Gasteiger charge is 2.03. The van der Waals surface area contributed by atoms with Crippen LogP contribution < -0.4 is 5.32 Å². The molecule has 18 heavy (non-hydrogen) atoms. The number of imidazole rings is 1. The monoisotopic (exact) mass is 244 g/mol. The van der Waals surface area contributed by atoms with Crippen LogP contribution in [0.2, 0.25) is 0 Å². The molecule has 0 saturated carbocycles. The first-order valence-corrected chi connectivity index (χ1v) is 6.52. The van der Waals surface area contributed by atoms with Gasteiger partial charge in [-0.2, -0.15) is 0 Å². The van der Waals surface area contributed by atoms with Gasteiger partial charge < -0.3 is 9.88 Å². The zero-order valence-corrected chi connectivity index (χ0v) is 11.1. The third-order valence-corrected chi connectivity index (χ3v) is 2.81. The smallest absolute Gasteiger partial charge is 0.126 e. The number of anilines is 1. The molecule has 2 aromatic rings. The Labute approximate surface area is 108 Å². The van der Waals surface area contributed by atoms with E-state index < -0.39 is 0 Å².